The molecule has 0 saturated carbocycles. The van der Waals surface area contributed by atoms with E-state index in [1.165, 1.54) is 0 Å². The van der Waals surface area contributed by atoms with E-state index < -0.39 is 0 Å². The number of rotatable bonds is 5. The summed E-state index contributed by atoms with van der Waals surface area (Å²) in [5.41, 5.74) is 3.54. The zero-order valence-electron chi connectivity index (χ0n) is 15.0. The van der Waals surface area contributed by atoms with Crippen molar-refractivity contribution < 1.29 is 4.79 Å². The first-order valence-corrected chi connectivity index (χ1v) is 8.71. The molecule has 6 nitrogen and oxygen atoms in total. The number of carbonyl (C=O) groups excluding carboxylic acids is 1. The van der Waals surface area contributed by atoms with Crippen LogP contribution < -0.4 is 5.32 Å². The monoisotopic (exact) mass is 369 g/mol. The molecule has 0 aliphatic heterocycles. The van der Waals surface area contributed by atoms with Crippen molar-refractivity contribution in [2.45, 2.75) is 33.6 Å². The molecule has 1 N–H and O–H groups in total. The van der Waals surface area contributed by atoms with E-state index in [4.69, 9.17) is 11.6 Å². The van der Waals surface area contributed by atoms with E-state index in [9.17, 15) is 4.79 Å². The number of amides is 1. The summed E-state index contributed by atoms with van der Waals surface area (Å²) in [4.78, 5) is 25.2. The van der Waals surface area contributed by atoms with Gasteiger partial charge in [-0.15, -0.1) is 0 Å². The lowest BCUT2D eigenvalue weighted by Crippen LogP contribution is -2.13. The summed E-state index contributed by atoms with van der Waals surface area (Å²) in [6.07, 6.45) is 4.20. The molecule has 0 unspecified atom stereocenters. The second-order valence-corrected chi connectivity index (χ2v) is 6.55. The van der Waals surface area contributed by atoms with Gasteiger partial charge >= 0.3 is 0 Å². The minimum absolute atomic E-state index is 0.0906. The number of halogens is 1. The lowest BCUT2D eigenvalue weighted by atomic mass is 10.1. The maximum absolute atomic E-state index is 12.1. The third kappa shape index (κ3) is 4.08. The number of hydrogen-bond donors (Lipinski definition) is 1. The molecule has 7 heteroatoms. The van der Waals surface area contributed by atoms with Crippen molar-refractivity contribution in [1.82, 2.24) is 19.5 Å². The van der Waals surface area contributed by atoms with Crippen LogP contribution in [0.3, 0.4) is 0 Å². The van der Waals surface area contributed by atoms with Gasteiger partial charge in [0.25, 0.3) is 0 Å². The van der Waals surface area contributed by atoms with Crippen LogP contribution in [0, 0.1) is 20.8 Å². The zero-order valence-corrected chi connectivity index (χ0v) is 15.7. The number of anilines is 1. The Hall–Kier alpha value is -2.73. The van der Waals surface area contributed by atoms with Gasteiger partial charge in [0, 0.05) is 17.1 Å². The summed E-state index contributed by atoms with van der Waals surface area (Å²) >= 11 is 5.96. The standard InChI is InChI=1S/C19H20ClN5O/c1-12-13(2)25(14(3)23-12)19-21-10-17(11-22-19)24-18(26)8-7-15-5-4-6-16(20)9-15/h4-6,9-11H,7-8H2,1-3H3,(H,24,26). The fourth-order valence-corrected chi connectivity index (χ4v) is 2.96. The number of nitrogens with zero attached hydrogens (tertiary/aromatic N) is 4. The lowest BCUT2D eigenvalue weighted by molar-refractivity contribution is -0.116. The molecule has 3 aromatic rings. The summed E-state index contributed by atoms with van der Waals surface area (Å²) in [6, 6.07) is 7.51. The van der Waals surface area contributed by atoms with E-state index in [-0.39, 0.29) is 5.91 Å². The van der Waals surface area contributed by atoms with Crippen molar-refractivity contribution in [1.29, 1.82) is 0 Å². The van der Waals surface area contributed by atoms with E-state index in [1.54, 1.807) is 12.4 Å². The van der Waals surface area contributed by atoms with Gasteiger partial charge in [-0.1, -0.05) is 23.7 Å². The Balaban J connectivity index is 1.63. The quantitative estimate of drug-likeness (QED) is 0.742. The molecular weight excluding hydrogens is 350 g/mol. The molecule has 0 aliphatic rings. The Bertz CT molecular complexity index is 934. The minimum atomic E-state index is -0.0906. The van der Waals surface area contributed by atoms with Gasteiger partial charge in [-0.3, -0.25) is 9.36 Å². The molecule has 2 heterocycles. The molecule has 0 bridgehead atoms. The topological polar surface area (TPSA) is 72.7 Å². The summed E-state index contributed by atoms with van der Waals surface area (Å²) in [5, 5.41) is 3.49. The molecule has 0 saturated heterocycles. The Kier molecular flexibility index (Phi) is 5.32. The van der Waals surface area contributed by atoms with Gasteiger partial charge in [-0.25, -0.2) is 15.0 Å². The van der Waals surface area contributed by atoms with Crippen LogP contribution in [0.2, 0.25) is 5.02 Å². The van der Waals surface area contributed by atoms with Gasteiger partial charge in [0.05, 0.1) is 23.8 Å². The van der Waals surface area contributed by atoms with E-state index in [1.807, 2.05) is 49.6 Å². The van der Waals surface area contributed by atoms with E-state index >= 15 is 0 Å². The second kappa shape index (κ2) is 7.66. The Morgan fingerprint density at radius 2 is 1.92 bits per heavy atom. The van der Waals surface area contributed by atoms with Crippen LogP contribution in [-0.4, -0.2) is 25.4 Å². The molecule has 0 fully saturated rings. The maximum atomic E-state index is 12.1. The van der Waals surface area contributed by atoms with Crippen molar-refractivity contribution in [3.63, 3.8) is 0 Å². The minimum Gasteiger partial charge on any atom is -0.323 e. The fraction of sp³-hybridized carbons (Fsp3) is 0.263. The smallest absolute Gasteiger partial charge is 0.235 e. The van der Waals surface area contributed by atoms with Crippen molar-refractivity contribution >= 4 is 23.2 Å². The SMILES string of the molecule is Cc1nc(C)n(-c2ncc(NC(=O)CCc3cccc(Cl)c3)cn2)c1C. The first-order valence-electron chi connectivity index (χ1n) is 8.33. The highest BCUT2D eigenvalue weighted by Gasteiger charge is 2.12. The highest BCUT2D eigenvalue weighted by Crippen LogP contribution is 2.15. The highest BCUT2D eigenvalue weighted by molar-refractivity contribution is 6.30. The molecule has 0 radical (unpaired) electrons. The number of imidazole rings is 1. The third-order valence-corrected chi connectivity index (χ3v) is 4.40. The number of benzene rings is 1. The molecular formula is C19H20ClN5O. The summed E-state index contributed by atoms with van der Waals surface area (Å²) < 4.78 is 1.89. The number of hydrogen-bond acceptors (Lipinski definition) is 4. The molecule has 3 rings (SSSR count). The molecule has 0 aliphatic carbocycles. The molecule has 0 spiro atoms. The number of nitrogens with one attached hydrogen (secondary N) is 1. The van der Waals surface area contributed by atoms with Gasteiger partial charge < -0.3 is 5.32 Å². The first kappa shape index (κ1) is 18.1. The molecule has 2 aromatic heterocycles. The van der Waals surface area contributed by atoms with Crippen molar-refractivity contribution in [3.05, 3.63) is 64.5 Å². The second-order valence-electron chi connectivity index (χ2n) is 6.12. The lowest BCUT2D eigenvalue weighted by Gasteiger charge is -2.08. The van der Waals surface area contributed by atoms with Crippen LogP contribution >= 0.6 is 11.6 Å². The van der Waals surface area contributed by atoms with E-state index in [0.29, 0.717) is 29.5 Å². The zero-order chi connectivity index (χ0) is 18.7. The van der Waals surface area contributed by atoms with Gasteiger partial charge in [-0.2, -0.15) is 0 Å². The number of carbonyl (C=O) groups is 1. The van der Waals surface area contributed by atoms with Crippen LogP contribution in [0.4, 0.5) is 5.69 Å². The molecule has 1 aromatic carbocycles. The van der Waals surface area contributed by atoms with Crippen LogP contribution in [0.15, 0.2) is 36.7 Å². The third-order valence-electron chi connectivity index (χ3n) is 4.16. The largest absolute Gasteiger partial charge is 0.323 e. The average Bonchev–Trinajstić information content (AvgIpc) is 2.86. The summed E-state index contributed by atoms with van der Waals surface area (Å²) in [6.45, 7) is 5.84. The van der Waals surface area contributed by atoms with Crippen LogP contribution in [0.25, 0.3) is 5.95 Å². The molecule has 26 heavy (non-hydrogen) atoms. The summed E-state index contributed by atoms with van der Waals surface area (Å²) in [5.74, 6) is 1.28. The predicted molar refractivity (Wildman–Crippen MR) is 102 cm³/mol. The summed E-state index contributed by atoms with van der Waals surface area (Å²) in [7, 11) is 0. The Morgan fingerprint density at radius 1 is 1.19 bits per heavy atom. The van der Waals surface area contributed by atoms with E-state index in [2.05, 4.69) is 20.3 Å². The van der Waals surface area contributed by atoms with Crippen molar-refractivity contribution in [3.8, 4) is 5.95 Å². The van der Waals surface area contributed by atoms with Gasteiger partial charge in [-0.05, 0) is 44.9 Å². The number of aryl methyl sites for hydroxylation is 3. The average molecular weight is 370 g/mol. The Morgan fingerprint density at radius 3 is 2.54 bits per heavy atom. The molecule has 134 valence electrons. The van der Waals surface area contributed by atoms with Crippen LogP contribution in [-0.2, 0) is 11.2 Å². The van der Waals surface area contributed by atoms with E-state index in [0.717, 1.165) is 22.8 Å². The first-order chi connectivity index (χ1) is 12.4. The normalized spacial score (nSPS) is 10.8. The van der Waals surface area contributed by atoms with Gasteiger partial charge in [0.2, 0.25) is 11.9 Å². The highest BCUT2D eigenvalue weighted by atomic mass is 35.5. The number of aromatic nitrogens is 4. The Labute approximate surface area is 157 Å². The van der Waals surface area contributed by atoms with Gasteiger partial charge in [0.15, 0.2) is 0 Å². The van der Waals surface area contributed by atoms with Crippen molar-refractivity contribution in [2.24, 2.45) is 0 Å². The predicted octanol–water partition coefficient (Wildman–Crippen LogP) is 3.81. The van der Waals surface area contributed by atoms with Crippen molar-refractivity contribution in [2.75, 3.05) is 5.32 Å². The van der Waals surface area contributed by atoms with Gasteiger partial charge in [0.1, 0.15) is 5.82 Å². The molecule has 1 amide bonds. The molecule has 0 atom stereocenters. The van der Waals surface area contributed by atoms with Crippen LogP contribution in [0.1, 0.15) is 29.2 Å². The maximum Gasteiger partial charge on any atom is 0.235 e. The fourth-order valence-electron chi connectivity index (χ4n) is 2.75. The van der Waals surface area contributed by atoms with Crippen LogP contribution in [0.5, 0.6) is 0 Å².